The Balaban J connectivity index is 1.20. The lowest BCUT2D eigenvalue weighted by Crippen LogP contribution is -2.63. The van der Waals surface area contributed by atoms with E-state index in [1.54, 1.807) is 6.07 Å². The average Bonchev–Trinajstić information content (AvgIpc) is 2.64. The van der Waals surface area contributed by atoms with Gasteiger partial charge in [0.2, 0.25) is 0 Å². The Kier molecular flexibility index (Phi) is 4.91. The number of rotatable bonds is 6. The van der Waals surface area contributed by atoms with Crippen LogP contribution in [0.25, 0.3) is 0 Å². The van der Waals surface area contributed by atoms with E-state index in [2.05, 4.69) is 31.3 Å². The summed E-state index contributed by atoms with van der Waals surface area (Å²) in [4.78, 5) is 0. The van der Waals surface area contributed by atoms with Crippen molar-refractivity contribution in [2.45, 2.75) is 71.1 Å². The van der Waals surface area contributed by atoms with Crippen molar-refractivity contribution in [3.63, 3.8) is 0 Å². The first kappa shape index (κ1) is 20.3. The standard InChI is InChI=1S/C26H31ClFNO/c1-24-10-19-11-25(2,15-24)17-26(12-19,16-24)29-13-18-3-7-22(8-4-18)30-14-20-5-6-21(28)9-23(20)27/h3-9,19,29H,10-17H2,1-2H3/t19?,24-,25+,26?. The Labute approximate surface area is 184 Å². The zero-order valence-electron chi connectivity index (χ0n) is 17.9. The quantitative estimate of drug-likeness (QED) is 0.541. The summed E-state index contributed by atoms with van der Waals surface area (Å²) in [7, 11) is 0. The molecule has 4 fully saturated rings. The van der Waals surface area contributed by atoms with E-state index in [0.29, 0.717) is 28.0 Å². The molecule has 2 unspecified atom stereocenters. The molecule has 0 heterocycles. The molecule has 4 atom stereocenters. The van der Waals surface area contributed by atoms with Crippen LogP contribution in [0.4, 0.5) is 4.39 Å². The molecule has 0 spiro atoms. The highest BCUT2D eigenvalue weighted by molar-refractivity contribution is 6.31. The van der Waals surface area contributed by atoms with Crippen LogP contribution in [0.1, 0.15) is 63.5 Å². The predicted octanol–water partition coefficient (Wildman–Crippen LogP) is 6.90. The molecule has 2 aromatic carbocycles. The molecule has 0 radical (unpaired) electrons. The van der Waals surface area contributed by atoms with E-state index in [-0.39, 0.29) is 5.82 Å². The smallest absolute Gasteiger partial charge is 0.124 e. The van der Waals surface area contributed by atoms with Crippen molar-refractivity contribution in [3.8, 4) is 5.75 Å². The van der Waals surface area contributed by atoms with Crippen LogP contribution in [0.5, 0.6) is 5.75 Å². The number of benzene rings is 2. The molecule has 4 aliphatic rings. The van der Waals surface area contributed by atoms with Crippen LogP contribution in [0, 0.1) is 22.6 Å². The fraction of sp³-hybridized carbons (Fsp3) is 0.538. The molecule has 0 amide bonds. The first-order chi connectivity index (χ1) is 14.2. The van der Waals surface area contributed by atoms with Gasteiger partial charge in [0.25, 0.3) is 0 Å². The molecule has 160 valence electrons. The molecule has 2 nitrogen and oxygen atoms in total. The van der Waals surface area contributed by atoms with Gasteiger partial charge in [-0.1, -0.05) is 43.6 Å². The lowest BCUT2D eigenvalue weighted by molar-refractivity contribution is -0.118. The number of hydrogen-bond donors (Lipinski definition) is 1. The van der Waals surface area contributed by atoms with Crippen molar-refractivity contribution in [2.75, 3.05) is 0 Å². The fourth-order valence-electron chi connectivity index (χ4n) is 7.44. The molecule has 4 heteroatoms. The van der Waals surface area contributed by atoms with Gasteiger partial charge in [-0.2, -0.15) is 0 Å². The van der Waals surface area contributed by atoms with Gasteiger partial charge in [-0.05, 0) is 85.1 Å². The van der Waals surface area contributed by atoms with Crippen LogP contribution in [-0.4, -0.2) is 5.54 Å². The third-order valence-electron chi connectivity index (χ3n) is 7.63. The molecule has 4 aliphatic carbocycles. The van der Waals surface area contributed by atoms with Gasteiger partial charge in [0, 0.05) is 17.6 Å². The van der Waals surface area contributed by atoms with E-state index in [9.17, 15) is 4.39 Å². The van der Waals surface area contributed by atoms with Crippen LogP contribution in [0.3, 0.4) is 0 Å². The van der Waals surface area contributed by atoms with Gasteiger partial charge in [0.1, 0.15) is 18.2 Å². The topological polar surface area (TPSA) is 21.3 Å². The monoisotopic (exact) mass is 427 g/mol. The summed E-state index contributed by atoms with van der Waals surface area (Å²) in [5.74, 6) is 1.37. The van der Waals surface area contributed by atoms with Crippen LogP contribution in [0.2, 0.25) is 5.02 Å². The van der Waals surface area contributed by atoms with Gasteiger partial charge < -0.3 is 10.1 Å². The number of nitrogens with one attached hydrogen (secondary N) is 1. The van der Waals surface area contributed by atoms with Crippen molar-refractivity contribution < 1.29 is 9.13 Å². The highest BCUT2D eigenvalue weighted by Gasteiger charge is 2.59. The lowest BCUT2D eigenvalue weighted by Gasteiger charge is -2.65. The Morgan fingerprint density at radius 3 is 2.33 bits per heavy atom. The summed E-state index contributed by atoms with van der Waals surface area (Å²) in [6.07, 6.45) is 8.26. The molecule has 2 aromatic rings. The number of hydrogen-bond acceptors (Lipinski definition) is 2. The molecule has 0 aliphatic heterocycles. The molecule has 0 aromatic heterocycles. The van der Waals surface area contributed by atoms with Gasteiger partial charge in [0.05, 0.1) is 5.02 Å². The second-order valence-corrected chi connectivity index (χ2v) is 11.3. The maximum absolute atomic E-state index is 13.2. The summed E-state index contributed by atoms with van der Waals surface area (Å²) in [6.45, 7) is 6.28. The van der Waals surface area contributed by atoms with Crippen molar-refractivity contribution in [2.24, 2.45) is 16.7 Å². The minimum atomic E-state index is -0.331. The lowest BCUT2D eigenvalue weighted by atomic mass is 9.43. The Morgan fingerprint density at radius 2 is 1.70 bits per heavy atom. The second-order valence-electron chi connectivity index (χ2n) is 10.9. The first-order valence-corrected chi connectivity index (χ1v) is 11.5. The third kappa shape index (κ3) is 3.99. The summed E-state index contributed by atoms with van der Waals surface area (Å²) >= 11 is 6.08. The van der Waals surface area contributed by atoms with Gasteiger partial charge in [-0.3, -0.25) is 0 Å². The van der Waals surface area contributed by atoms with Crippen molar-refractivity contribution in [3.05, 3.63) is 64.4 Å². The maximum atomic E-state index is 13.2. The van der Waals surface area contributed by atoms with E-state index in [1.165, 1.54) is 56.2 Å². The van der Waals surface area contributed by atoms with Gasteiger partial charge >= 0.3 is 0 Å². The largest absolute Gasteiger partial charge is 0.489 e. The van der Waals surface area contributed by atoms with E-state index in [0.717, 1.165) is 23.8 Å². The zero-order chi connectivity index (χ0) is 21.0. The van der Waals surface area contributed by atoms with Crippen molar-refractivity contribution in [1.29, 1.82) is 0 Å². The van der Waals surface area contributed by atoms with Gasteiger partial charge in [-0.25, -0.2) is 4.39 Å². The fourth-order valence-corrected chi connectivity index (χ4v) is 7.66. The summed E-state index contributed by atoms with van der Waals surface area (Å²) < 4.78 is 19.0. The van der Waals surface area contributed by atoms with E-state index >= 15 is 0 Å². The molecule has 0 saturated heterocycles. The molecular formula is C26H31ClFNO. The molecule has 1 N–H and O–H groups in total. The summed E-state index contributed by atoms with van der Waals surface area (Å²) in [5.41, 5.74) is 3.44. The number of halogens is 2. The Bertz CT molecular complexity index is 925. The summed E-state index contributed by atoms with van der Waals surface area (Å²) in [6, 6.07) is 12.7. The molecule has 6 rings (SSSR count). The Morgan fingerprint density at radius 1 is 1.00 bits per heavy atom. The van der Waals surface area contributed by atoms with Gasteiger partial charge in [-0.15, -0.1) is 0 Å². The van der Waals surface area contributed by atoms with E-state index < -0.39 is 0 Å². The highest BCUT2D eigenvalue weighted by Crippen LogP contribution is 2.66. The van der Waals surface area contributed by atoms with Crippen LogP contribution < -0.4 is 10.1 Å². The Hall–Kier alpha value is -1.58. The van der Waals surface area contributed by atoms with Crippen LogP contribution >= 0.6 is 11.6 Å². The minimum Gasteiger partial charge on any atom is -0.489 e. The van der Waals surface area contributed by atoms with E-state index in [1.807, 2.05) is 12.1 Å². The molecule has 4 bridgehead atoms. The van der Waals surface area contributed by atoms with Crippen molar-refractivity contribution in [1.82, 2.24) is 5.32 Å². The average molecular weight is 428 g/mol. The van der Waals surface area contributed by atoms with E-state index in [4.69, 9.17) is 16.3 Å². The molecule has 4 saturated carbocycles. The van der Waals surface area contributed by atoms with Gasteiger partial charge in [0.15, 0.2) is 0 Å². The first-order valence-electron chi connectivity index (χ1n) is 11.1. The van der Waals surface area contributed by atoms with Crippen molar-refractivity contribution >= 4 is 11.6 Å². The highest BCUT2D eigenvalue weighted by atomic mass is 35.5. The predicted molar refractivity (Wildman–Crippen MR) is 119 cm³/mol. The zero-order valence-corrected chi connectivity index (χ0v) is 18.7. The maximum Gasteiger partial charge on any atom is 0.124 e. The normalized spacial score (nSPS) is 34.3. The number of ether oxygens (including phenoxy) is 1. The second kappa shape index (κ2) is 7.24. The minimum absolute atomic E-state index is 0.317. The SMILES string of the molecule is C[C@]12CC3CC(NCc4ccc(OCc5ccc(F)cc5Cl)cc4)(C1)C[C@@](C)(C3)C2. The van der Waals surface area contributed by atoms with Crippen LogP contribution in [-0.2, 0) is 13.2 Å². The van der Waals surface area contributed by atoms with Crippen LogP contribution in [0.15, 0.2) is 42.5 Å². The molecular weight excluding hydrogens is 397 g/mol. The summed E-state index contributed by atoms with van der Waals surface area (Å²) in [5, 5.41) is 4.39. The molecule has 30 heavy (non-hydrogen) atoms. The third-order valence-corrected chi connectivity index (χ3v) is 7.98.